The first-order valence-electron chi connectivity index (χ1n) is 10.1. The average molecular weight is 487 g/mol. The number of aliphatic hydroxyl groups excluding tert-OH is 1. The van der Waals surface area contributed by atoms with Crippen LogP contribution in [0.1, 0.15) is 29.2 Å². The van der Waals surface area contributed by atoms with Crippen molar-refractivity contribution >= 4 is 33.4 Å². The number of hydrogen-bond acceptors (Lipinski definition) is 5. The minimum atomic E-state index is -0.662. The van der Waals surface area contributed by atoms with Crippen LogP contribution in [0.25, 0.3) is 5.76 Å². The fourth-order valence-corrected chi connectivity index (χ4v) is 4.10. The Bertz CT molecular complexity index is 1010. The van der Waals surface area contributed by atoms with Crippen LogP contribution < -0.4 is 4.74 Å². The molecule has 0 radical (unpaired) electrons. The van der Waals surface area contributed by atoms with E-state index in [1.165, 1.54) is 0 Å². The highest BCUT2D eigenvalue weighted by Gasteiger charge is 2.45. The van der Waals surface area contributed by atoms with Crippen LogP contribution in [0.4, 0.5) is 0 Å². The smallest absolute Gasteiger partial charge is 0.295 e. The predicted octanol–water partition coefficient (Wildman–Crippen LogP) is 4.14. The van der Waals surface area contributed by atoms with Gasteiger partial charge in [0.2, 0.25) is 0 Å². The van der Waals surface area contributed by atoms with Crippen molar-refractivity contribution in [1.29, 1.82) is 0 Å². The molecule has 0 saturated carbocycles. The maximum absolute atomic E-state index is 13.1. The molecule has 0 bridgehead atoms. The number of carbonyl (C=O) groups excluding carboxylic acids is 2. The average Bonchev–Trinajstić information content (AvgIpc) is 2.98. The molecule has 164 valence electrons. The third-order valence-corrected chi connectivity index (χ3v) is 5.95. The van der Waals surface area contributed by atoms with Crippen molar-refractivity contribution in [2.75, 3.05) is 34.3 Å². The fourth-order valence-electron chi connectivity index (χ4n) is 3.83. The van der Waals surface area contributed by atoms with Crippen molar-refractivity contribution in [3.63, 3.8) is 0 Å². The van der Waals surface area contributed by atoms with E-state index in [-0.39, 0.29) is 11.3 Å². The molecule has 1 atom stereocenters. The van der Waals surface area contributed by atoms with Crippen molar-refractivity contribution in [3.05, 3.63) is 69.2 Å². The van der Waals surface area contributed by atoms with E-state index in [2.05, 4.69) is 15.9 Å². The Balaban J connectivity index is 2.11. The quantitative estimate of drug-likeness (QED) is 0.361. The molecule has 1 saturated heterocycles. The zero-order valence-electron chi connectivity index (χ0n) is 18.2. The molecule has 6 nitrogen and oxygen atoms in total. The molecule has 31 heavy (non-hydrogen) atoms. The summed E-state index contributed by atoms with van der Waals surface area (Å²) >= 11 is 3.43. The lowest BCUT2D eigenvalue weighted by molar-refractivity contribution is -0.139. The zero-order chi connectivity index (χ0) is 22.7. The van der Waals surface area contributed by atoms with Gasteiger partial charge < -0.3 is 19.6 Å². The number of nitrogens with zero attached hydrogens (tertiary/aromatic N) is 2. The number of rotatable bonds is 7. The molecule has 0 aliphatic carbocycles. The molecule has 2 aromatic carbocycles. The Morgan fingerprint density at radius 3 is 2.42 bits per heavy atom. The summed E-state index contributed by atoms with van der Waals surface area (Å²) in [5.74, 6) is -0.756. The molecule has 1 aliphatic rings. The maximum atomic E-state index is 13.1. The number of aryl methyl sites for hydroxylation is 1. The molecule has 1 N–H and O–H groups in total. The van der Waals surface area contributed by atoms with E-state index in [4.69, 9.17) is 4.74 Å². The van der Waals surface area contributed by atoms with Gasteiger partial charge in [-0.1, -0.05) is 28.1 Å². The number of Topliss-reactive ketones (excluding diaryl/α,β-unsaturated/α-hetero) is 1. The topological polar surface area (TPSA) is 70.1 Å². The molecule has 0 aromatic heterocycles. The normalized spacial score (nSPS) is 18.1. The van der Waals surface area contributed by atoms with Crippen molar-refractivity contribution in [2.24, 2.45) is 0 Å². The van der Waals surface area contributed by atoms with Gasteiger partial charge in [-0.3, -0.25) is 9.59 Å². The lowest BCUT2D eigenvalue weighted by Gasteiger charge is -2.26. The highest BCUT2D eigenvalue weighted by molar-refractivity contribution is 9.10. The lowest BCUT2D eigenvalue weighted by Crippen LogP contribution is -2.32. The Morgan fingerprint density at radius 1 is 1.16 bits per heavy atom. The summed E-state index contributed by atoms with van der Waals surface area (Å²) in [5.41, 5.74) is 2.16. The standard InChI is InChI=1S/C24H27BrN2O4/c1-15-14-18(31-4)10-11-19(15)22(28)20-21(16-6-8-17(25)9-7-16)27(24(30)23(20)29)13-5-12-26(2)3/h6-11,14,21,28H,5,12-13H2,1-4H3/b22-20+/t21-/m1/s1. The van der Waals surface area contributed by atoms with Gasteiger partial charge in [0.05, 0.1) is 18.7 Å². The van der Waals surface area contributed by atoms with Crippen LogP contribution in [0.5, 0.6) is 5.75 Å². The number of likely N-dealkylation sites (tertiary alicyclic amines) is 1. The predicted molar refractivity (Wildman–Crippen MR) is 124 cm³/mol. The third kappa shape index (κ3) is 4.83. The summed E-state index contributed by atoms with van der Waals surface area (Å²) in [5, 5.41) is 11.2. The second kappa shape index (κ2) is 9.66. The van der Waals surface area contributed by atoms with Crippen molar-refractivity contribution in [2.45, 2.75) is 19.4 Å². The van der Waals surface area contributed by atoms with Gasteiger partial charge in [0.1, 0.15) is 11.5 Å². The van der Waals surface area contributed by atoms with E-state index in [1.54, 1.807) is 30.2 Å². The van der Waals surface area contributed by atoms with Crippen LogP contribution in [-0.2, 0) is 9.59 Å². The van der Waals surface area contributed by atoms with Gasteiger partial charge >= 0.3 is 0 Å². The van der Waals surface area contributed by atoms with Gasteiger partial charge in [-0.15, -0.1) is 0 Å². The molecule has 2 aromatic rings. The SMILES string of the molecule is COc1ccc(/C(O)=C2\C(=O)C(=O)N(CCCN(C)C)[C@@H]2c2ccc(Br)cc2)c(C)c1. The summed E-state index contributed by atoms with van der Waals surface area (Å²) in [6, 6.07) is 12.1. The Morgan fingerprint density at radius 2 is 1.84 bits per heavy atom. The molecule has 1 fully saturated rings. The minimum Gasteiger partial charge on any atom is -0.507 e. The van der Waals surface area contributed by atoms with Crippen LogP contribution >= 0.6 is 15.9 Å². The molecule has 0 spiro atoms. The number of amides is 1. The zero-order valence-corrected chi connectivity index (χ0v) is 19.8. The highest BCUT2D eigenvalue weighted by Crippen LogP contribution is 2.40. The number of methoxy groups -OCH3 is 1. The maximum Gasteiger partial charge on any atom is 0.295 e. The summed E-state index contributed by atoms with van der Waals surface area (Å²) in [7, 11) is 5.50. The summed E-state index contributed by atoms with van der Waals surface area (Å²) in [6.07, 6.45) is 0.717. The van der Waals surface area contributed by atoms with Crippen LogP contribution in [0.15, 0.2) is 52.5 Å². The first-order valence-corrected chi connectivity index (χ1v) is 10.9. The molecule has 1 aliphatic heterocycles. The number of ether oxygens (including phenoxy) is 1. The second-order valence-corrected chi connectivity index (χ2v) is 8.80. The number of hydrogen-bond donors (Lipinski definition) is 1. The van der Waals surface area contributed by atoms with Crippen molar-refractivity contribution in [1.82, 2.24) is 9.80 Å². The summed E-state index contributed by atoms with van der Waals surface area (Å²) < 4.78 is 6.14. The molecular weight excluding hydrogens is 460 g/mol. The van der Waals surface area contributed by atoms with E-state index in [9.17, 15) is 14.7 Å². The van der Waals surface area contributed by atoms with Gasteiger partial charge in [0, 0.05) is 16.6 Å². The van der Waals surface area contributed by atoms with Crippen LogP contribution in [0.2, 0.25) is 0 Å². The Hall–Kier alpha value is -2.64. The van der Waals surface area contributed by atoms with Crippen LogP contribution in [-0.4, -0.2) is 60.9 Å². The fraction of sp³-hybridized carbons (Fsp3) is 0.333. The lowest BCUT2D eigenvalue weighted by atomic mass is 9.94. The third-order valence-electron chi connectivity index (χ3n) is 5.42. The number of ketones is 1. The van der Waals surface area contributed by atoms with Crippen LogP contribution in [0, 0.1) is 6.92 Å². The van der Waals surface area contributed by atoms with Gasteiger partial charge in [-0.25, -0.2) is 0 Å². The van der Waals surface area contributed by atoms with E-state index in [0.29, 0.717) is 24.3 Å². The van der Waals surface area contributed by atoms with Crippen molar-refractivity contribution < 1.29 is 19.4 Å². The van der Waals surface area contributed by atoms with E-state index >= 15 is 0 Å². The number of halogens is 1. The second-order valence-electron chi connectivity index (χ2n) is 7.88. The summed E-state index contributed by atoms with van der Waals surface area (Å²) in [6.45, 7) is 3.04. The number of carbonyl (C=O) groups is 2. The van der Waals surface area contributed by atoms with Gasteiger partial charge in [-0.2, -0.15) is 0 Å². The van der Waals surface area contributed by atoms with E-state index in [0.717, 1.165) is 22.1 Å². The largest absolute Gasteiger partial charge is 0.507 e. The van der Waals surface area contributed by atoms with Gasteiger partial charge in [-0.05, 0) is 75.4 Å². The van der Waals surface area contributed by atoms with Crippen molar-refractivity contribution in [3.8, 4) is 5.75 Å². The first-order chi connectivity index (χ1) is 14.7. The minimum absolute atomic E-state index is 0.116. The molecule has 7 heteroatoms. The van der Waals surface area contributed by atoms with E-state index in [1.807, 2.05) is 50.2 Å². The van der Waals surface area contributed by atoms with Gasteiger partial charge in [0.15, 0.2) is 0 Å². The Kier molecular flexibility index (Phi) is 7.18. The number of aliphatic hydroxyl groups is 1. The van der Waals surface area contributed by atoms with Crippen LogP contribution in [0.3, 0.4) is 0 Å². The molecule has 3 rings (SSSR count). The highest BCUT2D eigenvalue weighted by atomic mass is 79.9. The molecular formula is C24H27BrN2O4. The van der Waals surface area contributed by atoms with Gasteiger partial charge in [0.25, 0.3) is 11.7 Å². The van der Waals surface area contributed by atoms with E-state index < -0.39 is 17.7 Å². The number of benzene rings is 2. The summed E-state index contributed by atoms with van der Waals surface area (Å²) in [4.78, 5) is 29.6. The molecule has 0 unspecified atom stereocenters. The molecule has 1 heterocycles. The first kappa shape index (κ1) is 23.0. The molecule has 1 amide bonds. The Labute approximate surface area is 191 Å². The monoisotopic (exact) mass is 486 g/mol.